The topological polar surface area (TPSA) is 58.6 Å². The summed E-state index contributed by atoms with van der Waals surface area (Å²) >= 11 is 6.36. The minimum Gasteiger partial charge on any atom is -0.484 e. The van der Waals surface area contributed by atoms with E-state index >= 15 is 0 Å². The molecule has 3 aromatic carbocycles. The van der Waals surface area contributed by atoms with Crippen molar-refractivity contribution in [2.75, 3.05) is 13.2 Å². The van der Waals surface area contributed by atoms with Crippen molar-refractivity contribution in [3.8, 4) is 5.75 Å². The van der Waals surface area contributed by atoms with Crippen molar-refractivity contribution < 1.29 is 18.7 Å². The van der Waals surface area contributed by atoms with Crippen LogP contribution in [0.4, 0.5) is 4.39 Å². The number of carbonyl (C=O) groups excluding carboxylic acids is 2. The molecule has 172 valence electrons. The van der Waals surface area contributed by atoms with Gasteiger partial charge in [0.1, 0.15) is 17.6 Å². The lowest BCUT2D eigenvalue weighted by Crippen LogP contribution is -2.51. The molecule has 0 saturated heterocycles. The molecule has 0 fully saturated rings. The predicted molar refractivity (Wildman–Crippen MR) is 127 cm³/mol. The molecule has 3 rings (SSSR count). The summed E-state index contributed by atoms with van der Waals surface area (Å²) < 4.78 is 18.8. The predicted octanol–water partition coefficient (Wildman–Crippen LogP) is 4.63. The maximum Gasteiger partial charge on any atom is 0.261 e. The molecule has 0 aromatic heterocycles. The van der Waals surface area contributed by atoms with Crippen molar-refractivity contribution in [3.63, 3.8) is 0 Å². The molecule has 5 nitrogen and oxygen atoms in total. The zero-order valence-electron chi connectivity index (χ0n) is 18.3. The van der Waals surface area contributed by atoms with Crippen molar-refractivity contribution in [2.24, 2.45) is 0 Å². The molecule has 0 aliphatic rings. The number of carbonyl (C=O) groups is 2. The van der Waals surface area contributed by atoms with Crippen molar-refractivity contribution in [2.45, 2.75) is 25.9 Å². The lowest BCUT2D eigenvalue weighted by atomic mass is 10.0. The molecule has 0 unspecified atom stereocenters. The van der Waals surface area contributed by atoms with Gasteiger partial charge in [0.2, 0.25) is 5.91 Å². The SMILES string of the molecule is CCNC(=O)[C@H](Cc1ccccc1)N(Cc1ccccc1Cl)C(=O)COc1ccc(F)cc1. The number of hydrogen-bond donors (Lipinski definition) is 1. The fourth-order valence-electron chi connectivity index (χ4n) is 3.41. The summed E-state index contributed by atoms with van der Waals surface area (Å²) in [7, 11) is 0. The Morgan fingerprint density at radius 3 is 2.33 bits per heavy atom. The second-order valence-corrected chi connectivity index (χ2v) is 7.86. The number of amides is 2. The Bertz CT molecular complexity index is 1060. The molecule has 0 radical (unpaired) electrons. The van der Waals surface area contributed by atoms with E-state index in [-0.39, 0.29) is 25.0 Å². The van der Waals surface area contributed by atoms with E-state index in [0.717, 1.165) is 11.1 Å². The number of likely N-dealkylation sites (N-methyl/N-ethyl adjacent to an activating group) is 1. The fourth-order valence-corrected chi connectivity index (χ4v) is 3.61. The first-order valence-corrected chi connectivity index (χ1v) is 11.1. The van der Waals surface area contributed by atoms with Crippen LogP contribution in [0.3, 0.4) is 0 Å². The van der Waals surface area contributed by atoms with Gasteiger partial charge in [-0.05, 0) is 48.4 Å². The Morgan fingerprint density at radius 2 is 1.67 bits per heavy atom. The van der Waals surface area contributed by atoms with Gasteiger partial charge in [-0.3, -0.25) is 9.59 Å². The number of nitrogens with one attached hydrogen (secondary N) is 1. The van der Waals surface area contributed by atoms with Crippen LogP contribution >= 0.6 is 11.6 Å². The Labute approximate surface area is 198 Å². The Kier molecular flexibility index (Phi) is 8.84. The fraction of sp³-hybridized carbons (Fsp3) is 0.231. The first-order chi connectivity index (χ1) is 16.0. The highest BCUT2D eigenvalue weighted by Crippen LogP contribution is 2.21. The van der Waals surface area contributed by atoms with Gasteiger partial charge in [0.15, 0.2) is 6.61 Å². The van der Waals surface area contributed by atoms with Crippen molar-refractivity contribution in [1.29, 1.82) is 0 Å². The molecule has 0 heterocycles. The smallest absolute Gasteiger partial charge is 0.261 e. The molecule has 1 N–H and O–H groups in total. The number of rotatable bonds is 10. The highest BCUT2D eigenvalue weighted by atomic mass is 35.5. The average molecular weight is 469 g/mol. The van der Waals surface area contributed by atoms with Crippen molar-refractivity contribution in [3.05, 3.63) is 101 Å². The minimum atomic E-state index is -0.770. The number of halogens is 2. The van der Waals surface area contributed by atoms with E-state index in [0.29, 0.717) is 23.7 Å². The summed E-state index contributed by atoms with van der Waals surface area (Å²) in [5, 5.41) is 3.34. The Balaban J connectivity index is 1.89. The number of nitrogens with zero attached hydrogens (tertiary/aromatic N) is 1. The molecule has 0 spiro atoms. The third-order valence-corrected chi connectivity index (χ3v) is 5.47. The van der Waals surface area contributed by atoms with Gasteiger partial charge in [0.25, 0.3) is 5.91 Å². The van der Waals surface area contributed by atoms with Crippen LogP contribution < -0.4 is 10.1 Å². The average Bonchev–Trinajstić information content (AvgIpc) is 2.82. The van der Waals surface area contributed by atoms with Gasteiger partial charge in [-0.25, -0.2) is 4.39 Å². The van der Waals surface area contributed by atoms with Crippen LogP contribution in [0.5, 0.6) is 5.75 Å². The largest absolute Gasteiger partial charge is 0.484 e. The normalized spacial score (nSPS) is 11.5. The summed E-state index contributed by atoms with van der Waals surface area (Å²) in [6, 6.07) is 21.4. The van der Waals surface area contributed by atoms with Crippen molar-refractivity contribution >= 4 is 23.4 Å². The summed E-state index contributed by atoms with van der Waals surface area (Å²) in [6.07, 6.45) is 0.333. The second kappa shape index (κ2) is 12.0. The highest BCUT2D eigenvalue weighted by Gasteiger charge is 2.30. The van der Waals surface area contributed by atoms with Gasteiger partial charge < -0.3 is 15.0 Å². The van der Waals surface area contributed by atoms with E-state index in [2.05, 4.69) is 5.32 Å². The zero-order chi connectivity index (χ0) is 23.6. The van der Waals surface area contributed by atoms with Crippen LogP contribution in [0.1, 0.15) is 18.1 Å². The first-order valence-electron chi connectivity index (χ1n) is 10.7. The second-order valence-electron chi connectivity index (χ2n) is 7.46. The summed E-state index contributed by atoms with van der Waals surface area (Å²) in [6.45, 7) is 2.10. The van der Waals surface area contributed by atoms with Crippen LogP contribution in [0.25, 0.3) is 0 Å². The molecule has 0 saturated carbocycles. The molecular formula is C26H26ClFN2O3. The van der Waals surface area contributed by atoms with Crippen LogP contribution in [0, 0.1) is 5.82 Å². The quantitative estimate of drug-likeness (QED) is 0.472. The highest BCUT2D eigenvalue weighted by molar-refractivity contribution is 6.31. The van der Waals surface area contributed by atoms with E-state index in [1.807, 2.05) is 49.4 Å². The zero-order valence-corrected chi connectivity index (χ0v) is 19.1. The Hall–Kier alpha value is -3.38. The van der Waals surface area contributed by atoms with E-state index in [4.69, 9.17) is 16.3 Å². The number of ether oxygens (including phenoxy) is 1. The lowest BCUT2D eigenvalue weighted by molar-refractivity contribution is -0.142. The maximum atomic E-state index is 13.3. The molecular weight excluding hydrogens is 443 g/mol. The van der Waals surface area contributed by atoms with Gasteiger partial charge in [-0.15, -0.1) is 0 Å². The van der Waals surface area contributed by atoms with E-state index in [9.17, 15) is 14.0 Å². The molecule has 0 aliphatic carbocycles. The maximum absolute atomic E-state index is 13.3. The van der Waals surface area contributed by atoms with Crippen LogP contribution in [-0.4, -0.2) is 35.9 Å². The summed E-state index contributed by atoms with van der Waals surface area (Å²) in [5.41, 5.74) is 1.64. The monoisotopic (exact) mass is 468 g/mol. The van der Waals surface area contributed by atoms with Crippen LogP contribution in [-0.2, 0) is 22.6 Å². The van der Waals surface area contributed by atoms with E-state index < -0.39 is 11.9 Å². The van der Waals surface area contributed by atoms with E-state index in [1.54, 1.807) is 12.1 Å². The molecule has 0 aliphatic heterocycles. The molecule has 3 aromatic rings. The number of benzene rings is 3. The lowest BCUT2D eigenvalue weighted by Gasteiger charge is -2.31. The molecule has 2 amide bonds. The molecule has 0 bridgehead atoms. The molecule has 1 atom stereocenters. The van der Waals surface area contributed by atoms with Crippen LogP contribution in [0.15, 0.2) is 78.9 Å². The van der Waals surface area contributed by atoms with Gasteiger partial charge in [0, 0.05) is 24.5 Å². The van der Waals surface area contributed by atoms with Crippen molar-refractivity contribution in [1.82, 2.24) is 10.2 Å². The Morgan fingerprint density at radius 1 is 1.00 bits per heavy atom. The minimum absolute atomic E-state index is 0.139. The summed E-state index contributed by atoms with van der Waals surface area (Å²) in [4.78, 5) is 27.9. The third-order valence-electron chi connectivity index (χ3n) is 5.10. The van der Waals surface area contributed by atoms with Gasteiger partial charge in [-0.1, -0.05) is 60.1 Å². The van der Waals surface area contributed by atoms with E-state index in [1.165, 1.54) is 29.2 Å². The molecule has 7 heteroatoms. The van der Waals surface area contributed by atoms with Gasteiger partial charge >= 0.3 is 0 Å². The van der Waals surface area contributed by atoms with Gasteiger partial charge in [0.05, 0.1) is 0 Å². The van der Waals surface area contributed by atoms with Gasteiger partial charge in [-0.2, -0.15) is 0 Å². The number of hydrogen-bond acceptors (Lipinski definition) is 3. The van der Waals surface area contributed by atoms with Crippen LogP contribution in [0.2, 0.25) is 5.02 Å². The molecule has 33 heavy (non-hydrogen) atoms. The summed E-state index contributed by atoms with van der Waals surface area (Å²) in [5.74, 6) is -0.678. The standard InChI is InChI=1S/C26H26ClFN2O3/c1-2-29-26(32)24(16-19-8-4-3-5-9-19)30(17-20-10-6-7-11-23(20)27)25(31)18-33-22-14-12-21(28)13-15-22/h3-15,24H,2,16-18H2,1H3,(H,29,32)/t24-/m0/s1. The first kappa shape index (κ1) is 24.3. The third kappa shape index (κ3) is 7.05.